The van der Waals surface area contributed by atoms with Gasteiger partial charge in [0.05, 0.1) is 0 Å². The Balaban J connectivity index is 2.06. The maximum absolute atomic E-state index is 12.3. The van der Waals surface area contributed by atoms with Crippen LogP contribution in [-0.4, -0.2) is 44.9 Å². The molecule has 8 nitrogen and oxygen atoms in total. The highest BCUT2D eigenvalue weighted by Gasteiger charge is 2.25. The number of H-pyrrole nitrogens is 2. The average molecular weight is 295 g/mol. The van der Waals surface area contributed by atoms with Gasteiger partial charge in [0.15, 0.2) is 0 Å². The van der Waals surface area contributed by atoms with Gasteiger partial charge in [-0.25, -0.2) is 4.79 Å². The second-order valence-electron chi connectivity index (χ2n) is 5.19. The Morgan fingerprint density at radius 2 is 2.10 bits per heavy atom. The van der Waals surface area contributed by atoms with Crippen LogP contribution in [0.1, 0.15) is 36.2 Å². The molecule has 1 saturated heterocycles. The largest absolute Gasteiger partial charge is 0.481 e. The number of amides is 1. The first kappa shape index (κ1) is 15.0. The minimum Gasteiger partial charge on any atom is -0.481 e. The number of aromatic amines is 2. The Morgan fingerprint density at radius 1 is 1.33 bits per heavy atom. The number of hydrogen-bond donors (Lipinski definition) is 3. The second kappa shape index (κ2) is 6.38. The number of likely N-dealkylation sites (tertiary alicyclic amines) is 1. The van der Waals surface area contributed by atoms with Crippen molar-refractivity contribution in [1.29, 1.82) is 0 Å². The first-order valence-electron chi connectivity index (χ1n) is 6.80. The average Bonchev–Trinajstić information content (AvgIpc) is 2.43. The van der Waals surface area contributed by atoms with Gasteiger partial charge < -0.3 is 15.0 Å². The number of carbonyl (C=O) groups excluding carboxylic acids is 1. The highest BCUT2D eigenvalue weighted by atomic mass is 16.4. The first-order chi connectivity index (χ1) is 9.95. The summed E-state index contributed by atoms with van der Waals surface area (Å²) in [6.07, 6.45) is 2.26. The number of nitrogens with zero attached hydrogens (tertiary/aromatic N) is 1. The molecule has 2 rings (SSSR count). The third-order valence-corrected chi connectivity index (χ3v) is 3.56. The molecule has 1 fully saturated rings. The summed E-state index contributed by atoms with van der Waals surface area (Å²) in [5.74, 6) is -1.12. The van der Waals surface area contributed by atoms with E-state index < -0.39 is 23.1 Å². The van der Waals surface area contributed by atoms with Crippen LogP contribution in [0.25, 0.3) is 0 Å². The van der Waals surface area contributed by atoms with Crippen molar-refractivity contribution < 1.29 is 14.7 Å². The zero-order chi connectivity index (χ0) is 15.4. The van der Waals surface area contributed by atoms with Gasteiger partial charge in [0.2, 0.25) is 0 Å². The maximum atomic E-state index is 12.3. The van der Waals surface area contributed by atoms with E-state index in [1.54, 1.807) is 4.90 Å². The number of aromatic nitrogens is 2. The van der Waals surface area contributed by atoms with E-state index in [1.807, 2.05) is 4.98 Å². The molecule has 2 heterocycles. The van der Waals surface area contributed by atoms with Crippen LogP contribution in [0, 0.1) is 5.92 Å². The summed E-state index contributed by atoms with van der Waals surface area (Å²) in [7, 11) is 0. The third-order valence-electron chi connectivity index (χ3n) is 3.56. The van der Waals surface area contributed by atoms with Gasteiger partial charge in [0.25, 0.3) is 11.5 Å². The molecule has 0 aliphatic carbocycles. The van der Waals surface area contributed by atoms with Crippen molar-refractivity contribution in [2.75, 3.05) is 13.1 Å². The van der Waals surface area contributed by atoms with Crippen LogP contribution in [0.15, 0.2) is 15.7 Å². The molecule has 1 unspecified atom stereocenters. The number of hydrogen-bond acceptors (Lipinski definition) is 4. The highest BCUT2D eigenvalue weighted by Crippen LogP contribution is 2.21. The van der Waals surface area contributed by atoms with Crippen molar-refractivity contribution in [1.82, 2.24) is 14.9 Å². The highest BCUT2D eigenvalue weighted by molar-refractivity contribution is 5.92. The van der Waals surface area contributed by atoms with Crippen molar-refractivity contribution in [2.24, 2.45) is 5.92 Å². The quantitative estimate of drug-likeness (QED) is 0.708. The monoisotopic (exact) mass is 295 g/mol. The van der Waals surface area contributed by atoms with Crippen LogP contribution in [0.4, 0.5) is 0 Å². The van der Waals surface area contributed by atoms with Gasteiger partial charge >= 0.3 is 11.7 Å². The summed E-state index contributed by atoms with van der Waals surface area (Å²) >= 11 is 0. The predicted octanol–water partition coefficient (Wildman–Crippen LogP) is -0.220. The van der Waals surface area contributed by atoms with E-state index in [2.05, 4.69) is 4.98 Å². The van der Waals surface area contributed by atoms with Crippen LogP contribution in [0.5, 0.6) is 0 Å². The van der Waals surface area contributed by atoms with Crippen LogP contribution < -0.4 is 11.2 Å². The first-order valence-corrected chi connectivity index (χ1v) is 6.80. The normalized spacial score (nSPS) is 18.5. The predicted molar refractivity (Wildman–Crippen MR) is 73.2 cm³/mol. The minimum atomic E-state index is -0.850. The Morgan fingerprint density at radius 3 is 2.76 bits per heavy atom. The fourth-order valence-corrected chi connectivity index (χ4v) is 2.57. The molecule has 1 aromatic rings. The zero-order valence-electron chi connectivity index (χ0n) is 11.4. The summed E-state index contributed by atoms with van der Waals surface area (Å²) in [6.45, 7) is 0.984. The Hall–Kier alpha value is -2.38. The van der Waals surface area contributed by atoms with Crippen molar-refractivity contribution in [2.45, 2.75) is 25.7 Å². The molecule has 1 aromatic heterocycles. The van der Waals surface area contributed by atoms with Crippen molar-refractivity contribution in [3.63, 3.8) is 0 Å². The number of nitrogens with one attached hydrogen (secondary N) is 2. The molecule has 0 bridgehead atoms. The summed E-state index contributed by atoms with van der Waals surface area (Å²) in [5, 5.41) is 8.70. The Labute approximate surface area is 119 Å². The SMILES string of the molecule is O=C(O)CCC1CCCN(C(=O)c2cc(=O)[nH]c(=O)[nH]2)C1. The summed E-state index contributed by atoms with van der Waals surface area (Å²) in [5.41, 5.74) is -1.38. The molecule has 0 aromatic carbocycles. The number of carbonyl (C=O) groups is 2. The molecule has 1 amide bonds. The van der Waals surface area contributed by atoms with Gasteiger partial charge in [-0.05, 0) is 25.2 Å². The van der Waals surface area contributed by atoms with Crippen molar-refractivity contribution in [3.05, 3.63) is 32.6 Å². The molecular formula is C13H17N3O5. The molecule has 3 N–H and O–H groups in total. The fourth-order valence-electron chi connectivity index (χ4n) is 2.57. The van der Waals surface area contributed by atoms with Crippen LogP contribution in [0.2, 0.25) is 0 Å². The van der Waals surface area contributed by atoms with Crippen molar-refractivity contribution in [3.8, 4) is 0 Å². The third kappa shape index (κ3) is 4.04. The minimum absolute atomic E-state index is 0.0392. The van der Waals surface area contributed by atoms with Gasteiger partial charge in [-0.15, -0.1) is 0 Å². The molecule has 1 aliphatic rings. The number of carboxylic acid groups (broad SMARTS) is 1. The van der Waals surface area contributed by atoms with Crippen molar-refractivity contribution >= 4 is 11.9 Å². The standard InChI is InChI=1S/C13H17N3O5/c17-10-6-9(14-13(21)15-10)12(20)16-5-1-2-8(7-16)3-4-11(18)19/h6,8H,1-5,7H2,(H,18,19)(H2,14,15,17,21). The number of rotatable bonds is 4. The Bertz CT molecular complexity index is 619. The van der Waals surface area contributed by atoms with Gasteiger partial charge in [-0.3, -0.25) is 19.4 Å². The molecule has 0 saturated carbocycles. The second-order valence-corrected chi connectivity index (χ2v) is 5.19. The van der Waals surface area contributed by atoms with E-state index in [0.717, 1.165) is 18.9 Å². The van der Waals surface area contributed by atoms with Gasteiger partial charge in [-0.1, -0.05) is 0 Å². The van der Waals surface area contributed by atoms with E-state index in [9.17, 15) is 19.2 Å². The molecule has 1 aliphatic heterocycles. The lowest BCUT2D eigenvalue weighted by Gasteiger charge is -2.32. The molecule has 0 spiro atoms. The van der Waals surface area contributed by atoms with E-state index in [4.69, 9.17) is 5.11 Å². The van der Waals surface area contributed by atoms with E-state index >= 15 is 0 Å². The summed E-state index contributed by atoms with van der Waals surface area (Å²) < 4.78 is 0. The maximum Gasteiger partial charge on any atom is 0.326 e. The summed E-state index contributed by atoms with van der Waals surface area (Å²) in [6, 6.07) is 1.06. The smallest absolute Gasteiger partial charge is 0.326 e. The lowest BCUT2D eigenvalue weighted by atomic mass is 9.93. The van der Waals surface area contributed by atoms with Crippen LogP contribution >= 0.6 is 0 Å². The molecule has 8 heteroatoms. The molecule has 114 valence electrons. The fraction of sp³-hybridized carbons (Fsp3) is 0.538. The van der Waals surface area contributed by atoms with Crippen LogP contribution in [-0.2, 0) is 4.79 Å². The summed E-state index contributed by atoms with van der Waals surface area (Å²) in [4.78, 5) is 51.2. The van der Waals surface area contributed by atoms with Gasteiger partial charge in [0.1, 0.15) is 5.69 Å². The molecule has 1 atom stereocenters. The number of aliphatic carboxylic acids is 1. The lowest BCUT2D eigenvalue weighted by Crippen LogP contribution is -2.41. The molecular weight excluding hydrogens is 278 g/mol. The lowest BCUT2D eigenvalue weighted by molar-refractivity contribution is -0.137. The molecule has 21 heavy (non-hydrogen) atoms. The number of piperidine rings is 1. The van der Waals surface area contributed by atoms with Crippen LogP contribution in [0.3, 0.4) is 0 Å². The number of carboxylic acids is 1. The topological polar surface area (TPSA) is 123 Å². The zero-order valence-corrected chi connectivity index (χ0v) is 11.4. The van der Waals surface area contributed by atoms with E-state index in [-0.39, 0.29) is 18.0 Å². The molecule has 0 radical (unpaired) electrons. The van der Waals surface area contributed by atoms with E-state index in [1.165, 1.54) is 0 Å². The van der Waals surface area contributed by atoms with E-state index in [0.29, 0.717) is 19.5 Å². The Kier molecular flexibility index (Phi) is 4.56. The van der Waals surface area contributed by atoms with Gasteiger partial charge in [-0.2, -0.15) is 0 Å². The van der Waals surface area contributed by atoms with Gasteiger partial charge in [0, 0.05) is 25.6 Å².